The van der Waals surface area contributed by atoms with Gasteiger partial charge in [-0.2, -0.15) is 0 Å². The number of benzene rings is 2. The maximum absolute atomic E-state index is 12.4. The Kier molecular flexibility index (Phi) is 7.90. The van der Waals surface area contributed by atoms with Crippen LogP contribution in [0, 0.1) is 6.92 Å². The molecule has 0 aromatic heterocycles. The molecule has 0 aliphatic carbocycles. The Hall–Kier alpha value is -2.51. The van der Waals surface area contributed by atoms with Crippen molar-refractivity contribution in [3.8, 4) is 0 Å². The molecule has 1 unspecified atom stereocenters. The van der Waals surface area contributed by atoms with E-state index < -0.39 is 11.2 Å². The van der Waals surface area contributed by atoms with Gasteiger partial charge >= 0.3 is 5.97 Å². The minimum absolute atomic E-state index is 0.123. The maximum Gasteiger partial charge on any atom is 0.337 e. The molecule has 1 atom stereocenters. The molecule has 28 heavy (non-hydrogen) atoms. The SMILES string of the molecule is COC(=O)c1ccc(Cl)c(NC(=O)C(C)SCC(=O)Nc2ccc(C)cc2)c1. The number of methoxy groups -OCH3 is 1. The molecule has 0 fully saturated rings. The van der Waals surface area contributed by atoms with Crippen LogP contribution in [0.4, 0.5) is 11.4 Å². The van der Waals surface area contributed by atoms with Gasteiger partial charge in [-0.25, -0.2) is 4.79 Å². The second-order valence-corrected chi connectivity index (χ2v) is 7.78. The molecule has 2 amide bonds. The van der Waals surface area contributed by atoms with Gasteiger partial charge in [-0.15, -0.1) is 11.8 Å². The first-order valence-corrected chi connectivity index (χ1v) is 9.89. The molecule has 2 N–H and O–H groups in total. The summed E-state index contributed by atoms with van der Waals surface area (Å²) in [6.45, 7) is 3.66. The van der Waals surface area contributed by atoms with Gasteiger partial charge in [0.05, 0.1) is 34.4 Å². The van der Waals surface area contributed by atoms with Gasteiger partial charge in [0.1, 0.15) is 0 Å². The Morgan fingerprint density at radius 3 is 2.43 bits per heavy atom. The average molecular weight is 421 g/mol. The van der Waals surface area contributed by atoms with Gasteiger partial charge in [0.25, 0.3) is 0 Å². The molecule has 8 heteroatoms. The van der Waals surface area contributed by atoms with E-state index in [0.29, 0.717) is 16.4 Å². The summed E-state index contributed by atoms with van der Waals surface area (Å²) in [6.07, 6.45) is 0. The quantitative estimate of drug-likeness (QED) is 0.658. The Morgan fingerprint density at radius 1 is 1.11 bits per heavy atom. The van der Waals surface area contributed by atoms with Gasteiger partial charge in [-0.1, -0.05) is 29.3 Å². The van der Waals surface area contributed by atoms with E-state index in [4.69, 9.17) is 11.6 Å². The molecule has 2 aromatic carbocycles. The second-order valence-electron chi connectivity index (χ2n) is 6.04. The van der Waals surface area contributed by atoms with Crippen molar-refractivity contribution < 1.29 is 19.1 Å². The highest BCUT2D eigenvalue weighted by Crippen LogP contribution is 2.25. The molecule has 0 bridgehead atoms. The van der Waals surface area contributed by atoms with E-state index >= 15 is 0 Å². The molecular formula is C20H21ClN2O4S. The average Bonchev–Trinajstić information content (AvgIpc) is 2.68. The number of rotatable bonds is 7. The van der Waals surface area contributed by atoms with Gasteiger partial charge in [0.15, 0.2) is 0 Å². The van der Waals surface area contributed by atoms with Crippen molar-refractivity contribution in [2.75, 3.05) is 23.5 Å². The van der Waals surface area contributed by atoms with Crippen LogP contribution in [-0.4, -0.2) is 35.9 Å². The fourth-order valence-electron chi connectivity index (χ4n) is 2.21. The molecule has 0 aliphatic heterocycles. The van der Waals surface area contributed by atoms with Crippen LogP contribution in [0.3, 0.4) is 0 Å². The zero-order valence-electron chi connectivity index (χ0n) is 15.7. The van der Waals surface area contributed by atoms with E-state index in [0.717, 1.165) is 5.56 Å². The number of nitrogens with one attached hydrogen (secondary N) is 2. The number of halogens is 1. The van der Waals surface area contributed by atoms with E-state index in [1.807, 2.05) is 31.2 Å². The van der Waals surface area contributed by atoms with Crippen LogP contribution < -0.4 is 10.6 Å². The first-order valence-electron chi connectivity index (χ1n) is 8.47. The van der Waals surface area contributed by atoms with Crippen molar-refractivity contribution in [2.24, 2.45) is 0 Å². The number of esters is 1. The molecule has 0 aliphatic rings. The first-order chi connectivity index (χ1) is 13.3. The third-order valence-electron chi connectivity index (χ3n) is 3.81. The molecule has 148 valence electrons. The Labute approximate surface area is 173 Å². The van der Waals surface area contributed by atoms with Crippen LogP contribution in [0.5, 0.6) is 0 Å². The van der Waals surface area contributed by atoms with Gasteiger partial charge in [-0.05, 0) is 44.2 Å². The fraction of sp³-hybridized carbons (Fsp3) is 0.250. The van der Waals surface area contributed by atoms with E-state index in [1.54, 1.807) is 6.92 Å². The van der Waals surface area contributed by atoms with Gasteiger partial charge in [0, 0.05) is 5.69 Å². The molecule has 2 rings (SSSR count). The zero-order valence-corrected chi connectivity index (χ0v) is 17.3. The van der Waals surface area contributed by atoms with Crippen molar-refractivity contribution in [3.05, 3.63) is 58.6 Å². The second kappa shape index (κ2) is 10.1. The van der Waals surface area contributed by atoms with E-state index in [2.05, 4.69) is 15.4 Å². The highest BCUT2D eigenvalue weighted by Gasteiger charge is 2.18. The molecule has 0 radical (unpaired) electrons. The monoisotopic (exact) mass is 420 g/mol. The lowest BCUT2D eigenvalue weighted by atomic mass is 10.2. The van der Waals surface area contributed by atoms with Crippen LogP contribution in [0.15, 0.2) is 42.5 Å². The summed E-state index contributed by atoms with van der Waals surface area (Å²) < 4.78 is 4.66. The normalized spacial score (nSPS) is 11.4. The molecule has 6 nitrogen and oxygen atoms in total. The minimum Gasteiger partial charge on any atom is -0.465 e. The Morgan fingerprint density at radius 2 is 1.79 bits per heavy atom. The lowest BCUT2D eigenvalue weighted by Gasteiger charge is -2.14. The lowest BCUT2D eigenvalue weighted by molar-refractivity contribution is -0.115. The summed E-state index contributed by atoms with van der Waals surface area (Å²) in [5.41, 5.74) is 2.40. The number of amides is 2. The van der Waals surface area contributed by atoms with Gasteiger partial charge in [-0.3, -0.25) is 9.59 Å². The topological polar surface area (TPSA) is 84.5 Å². The molecule has 0 spiro atoms. The number of aryl methyl sites for hydroxylation is 1. The number of hydrogen-bond acceptors (Lipinski definition) is 5. The van der Waals surface area contributed by atoms with E-state index in [9.17, 15) is 14.4 Å². The van der Waals surface area contributed by atoms with Gasteiger partial charge in [0.2, 0.25) is 11.8 Å². The Balaban J connectivity index is 1.89. The van der Waals surface area contributed by atoms with Crippen LogP contribution in [-0.2, 0) is 14.3 Å². The van der Waals surface area contributed by atoms with E-state index in [1.165, 1.54) is 37.1 Å². The summed E-state index contributed by atoms with van der Waals surface area (Å²) in [4.78, 5) is 36.1. The Bertz CT molecular complexity index is 871. The predicted octanol–water partition coefficient (Wildman–Crippen LogP) is 4.13. The molecule has 0 saturated heterocycles. The number of thioether (sulfide) groups is 1. The number of anilines is 2. The zero-order chi connectivity index (χ0) is 20.7. The number of carbonyl (C=O) groups excluding carboxylic acids is 3. The highest BCUT2D eigenvalue weighted by molar-refractivity contribution is 8.01. The number of ether oxygens (including phenoxy) is 1. The predicted molar refractivity (Wildman–Crippen MR) is 113 cm³/mol. The summed E-state index contributed by atoms with van der Waals surface area (Å²) >= 11 is 7.28. The highest BCUT2D eigenvalue weighted by atomic mass is 35.5. The summed E-state index contributed by atoms with van der Waals surface area (Å²) in [5.74, 6) is -0.920. The van der Waals surface area contributed by atoms with Crippen molar-refractivity contribution in [1.82, 2.24) is 0 Å². The molecule has 0 heterocycles. The molecule has 2 aromatic rings. The van der Waals surface area contributed by atoms with Crippen LogP contribution in [0.2, 0.25) is 5.02 Å². The standard InChI is InChI=1S/C20H21ClN2O4S/c1-12-4-7-15(8-5-12)22-18(24)11-28-13(2)19(25)23-17-10-14(20(26)27-3)6-9-16(17)21/h4-10,13H,11H2,1-3H3,(H,22,24)(H,23,25). The lowest BCUT2D eigenvalue weighted by Crippen LogP contribution is -2.25. The smallest absolute Gasteiger partial charge is 0.337 e. The van der Waals surface area contributed by atoms with Gasteiger partial charge < -0.3 is 15.4 Å². The van der Waals surface area contributed by atoms with Crippen LogP contribution in [0.25, 0.3) is 0 Å². The summed E-state index contributed by atoms with van der Waals surface area (Å²) in [7, 11) is 1.27. The first kappa shape index (κ1) is 21.8. The summed E-state index contributed by atoms with van der Waals surface area (Å²) in [6, 6.07) is 11.9. The van der Waals surface area contributed by atoms with Crippen molar-refractivity contribution in [2.45, 2.75) is 19.1 Å². The minimum atomic E-state index is -0.526. The number of carbonyl (C=O) groups is 3. The summed E-state index contributed by atoms with van der Waals surface area (Å²) in [5, 5.41) is 5.27. The fourth-order valence-corrected chi connectivity index (χ4v) is 3.06. The van der Waals surface area contributed by atoms with Crippen LogP contribution >= 0.6 is 23.4 Å². The van der Waals surface area contributed by atoms with Crippen LogP contribution in [0.1, 0.15) is 22.8 Å². The molecule has 0 saturated carbocycles. The number of hydrogen-bond donors (Lipinski definition) is 2. The largest absolute Gasteiger partial charge is 0.465 e. The third kappa shape index (κ3) is 6.28. The van der Waals surface area contributed by atoms with Crippen molar-refractivity contribution in [3.63, 3.8) is 0 Å². The maximum atomic E-state index is 12.4. The van der Waals surface area contributed by atoms with Crippen molar-refractivity contribution in [1.29, 1.82) is 0 Å². The molecular weight excluding hydrogens is 400 g/mol. The third-order valence-corrected chi connectivity index (χ3v) is 5.29. The van der Waals surface area contributed by atoms with E-state index in [-0.39, 0.29) is 23.1 Å². The van der Waals surface area contributed by atoms with Crippen molar-refractivity contribution >= 4 is 52.5 Å².